The lowest BCUT2D eigenvalue weighted by molar-refractivity contribution is 0.248. The van der Waals surface area contributed by atoms with Gasteiger partial charge in [-0.25, -0.2) is 4.39 Å². The van der Waals surface area contributed by atoms with Crippen molar-refractivity contribution in [2.45, 2.75) is 32.7 Å². The van der Waals surface area contributed by atoms with Crippen molar-refractivity contribution in [1.29, 1.82) is 0 Å². The minimum atomic E-state index is -0.231. The van der Waals surface area contributed by atoms with Gasteiger partial charge in [-0.2, -0.15) is 0 Å². The van der Waals surface area contributed by atoms with Crippen LogP contribution in [0.15, 0.2) is 30.5 Å². The van der Waals surface area contributed by atoms with Crippen molar-refractivity contribution in [1.82, 2.24) is 10.3 Å². The molecule has 1 atom stereocenters. The van der Waals surface area contributed by atoms with Crippen LogP contribution in [0.5, 0.6) is 0 Å². The highest BCUT2D eigenvalue weighted by atomic mass is 19.1. The fourth-order valence-corrected chi connectivity index (χ4v) is 2.69. The molecule has 1 unspecified atom stereocenters. The molecule has 0 aliphatic rings. The number of aliphatic hydroxyl groups is 1. The molecular weight excluding hydrogens is 267 g/mol. The Morgan fingerprint density at radius 2 is 2.14 bits per heavy atom. The molecule has 2 N–H and O–H groups in total. The van der Waals surface area contributed by atoms with Gasteiger partial charge in [0.15, 0.2) is 0 Å². The maximum absolute atomic E-state index is 13.7. The molecule has 0 spiro atoms. The molecule has 3 nitrogen and oxygen atoms in total. The molecule has 1 aromatic carbocycles. The second kappa shape index (κ2) is 8.05. The summed E-state index contributed by atoms with van der Waals surface area (Å²) in [6.45, 7) is 3.91. The van der Waals surface area contributed by atoms with E-state index in [0.29, 0.717) is 17.8 Å². The molecular formula is C17H23FN2O. The summed E-state index contributed by atoms with van der Waals surface area (Å²) in [4.78, 5) is 4.29. The molecule has 1 aromatic heterocycles. The normalized spacial score (nSPS) is 12.7. The van der Waals surface area contributed by atoms with Gasteiger partial charge in [-0.15, -0.1) is 0 Å². The molecule has 0 radical (unpaired) electrons. The summed E-state index contributed by atoms with van der Waals surface area (Å²) in [5.74, 6) is 0.255. The number of fused-ring (bicyclic) bond motifs is 1. The Bertz CT molecular complexity index is 568. The summed E-state index contributed by atoms with van der Waals surface area (Å²) < 4.78 is 13.7. The molecule has 0 aliphatic heterocycles. The predicted octanol–water partition coefficient (Wildman–Crippen LogP) is 3.26. The van der Waals surface area contributed by atoms with E-state index in [4.69, 9.17) is 5.11 Å². The zero-order chi connectivity index (χ0) is 15.1. The van der Waals surface area contributed by atoms with Crippen LogP contribution in [-0.4, -0.2) is 23.2 Å². The van der Waals surface area contributed by atoms with Crippen molar-refractivity contribution < 1.29 is 9.50 Å². The van der Waals surface area contributed by atoms with E-state index < -0.39 is 0 Å². The second-order valence-electron chi connectivity index (χ2n) is 5.40. The van der Waals surface area contributed by atoms with E-state index in [9.17, 15) is 4.39 Å². The van der Waals surface area contributed by atoms with Gasteiger partial charge in [0.05, 0.1) is 5.52 Å². The molecule has 21 heavy (non-hydrogen) atoms. The van der Waals surface area contributed by atoms with Crippen molar-refractivity contribution in [3.8, 4) is 0 Å². The SMILES string of the molecule is CCCC(CCO)CNCc1ccc(F)c2cccnc12. The van der Waals surface area contributed by atoms with E-state index in [2.05, 4.69) is 17.2 Å². The number of nitrogens with one attached hydrogen (secondary N) is 1. The number of hydrogen-bond donors (Lipinski definition) is 2. The minimum absolute atomic E-state index is 0.230. The average molecular weight is 290 g/mol. The Balaban J connectivity index is 2.02. The monoisotopic (exact) mass is 290 g/mol. The first-order chi connectivity index (χ1) is 10.3. The molecule has 0 aliphatic carbocycles. The second-order valence-corrected chi connectivity index (χ2v) is 5.40. The van der Waals surface area contributed by atoms with E-state index in [1.807, 2.05) is 0 Å². The number of aromatic nitrogens is 1. The topological polar surface area (TPSA) is 45.1 Å². The molecule has 1 heterocycles. The number of pyridine rings is 1. The van der Waals surface area contributed by atoms with Crippen LogP contribution in [0.4, 0.5) is 4.39 Å². The van der Waals surface area contributed by atoms with Gasteiger partial charge in [0.1, 0.15) is 5.82 Å². The fraction of sp³-hybridized carbons (Fsp3) is 0.471. The molecule has 114 valence electrons. The van der Waals surface area contributed by atoms with Crippen molar-refractivity contribution in [2.75, 3.05) is 13.2 Å². The van der Waals surface area contributed by atoms with Gasteiger partial charge < -0.3 is 10.4 Å². The summed E-state index contributed by atoms with van der Waals surface area (Å²) in [7, 11) is 0. The van der Waals surface area contributed by atoms with Gasteiger partial charge in [0.25, 0.3) is 0 Å². The lowest BCUT2D eigenvalue weighted by Crippen LogP contribution is -2.23. The van der Waals surface area contributed by atoms with Gasteiger partial charge in [-0.1, -0.05) is 19.4 Å². The first-order valence-electron chi connectivity index (χ1n) is 7.60. The first-order valence-corrected chi connectivity index (χ1v) is 7.60. The van der Waals surface area contributed by atoms with Crippen LogP contribution in [0.2, 0.25) is 0 Å². The number of benzene rings is 1. The van der Waals surface area contributed by atoms with Gasteiger partial charge in [-0.3, -0.25) is 4.98 Å². The molecule has 0 saturated carbocycles. The smallest absolute Gasteiger partial charge is 0.132 e. The molecule has 0 fully saturated rings. The maximum atomic E-state index is 13.7. The highest BCUT2D eigenvalue weighted by Crippen LogP contribution is 2.19. The fourth-order valence-electron chi connectivity index (χ4n) is 2.69. The Morgan fingerprint density at radius 1 is 1.29 bits per heavy atom. The van der Waals surface area contributed by atoms with Gasteiger partial charge >= 0.3 is 0 Å². The number of hydrogen-bond acceptors (Lipinski definition) is 3. The Hall–Kier alpha value is -1.52. The molecule has 0 amide bonds. The standard InChI is InChI=1S/C17H23FN2O/c1-2-4-13(8-10-21)11-19-12-14-6-7-16(18)15-5-3-9-20-17(14)15/h3,5-7,9,13,19,21H,2,4,8,10-12H2,1H3. The quantitative estimate of drug-likeness (QED) is 0.784. The summed E-state index contributed by atoms with van der Waals surface area (Å²) in [6.07, 6.45) is 4.74. The van der Waals surface area contributed by atoms with E-state index in [1.54, 1.807) is 24.4 Å². The Labute approximate surface area is 125 Å². The molecule has 0 bridgehead atoms. The van der Waals surface area contributed by atoms with Crippen molar-refractivity contribution >= 4 is 10.9 Å². The van der Waals surface area contributed by atoms with Crippen LogP contribution in [0.1, 0.15) is 31.7 Å². The van der Waals surface area contributed by atoms with E-state index in [1.165, 1.54) is 6.07 Å². The summed E-state index contributed by atoms with van der Waals surface area (Å²) in [6, 6.07) is 6.80. The minimum Gasteiger partial charge on any atom is -0.396 e. The van der Waals surface area contributed by atoms with E-state index >= 15 is 0 Å². The van der Waals surface area contributed by atoms with Gasteiger partial charge in [-0.05, 0) is 49.1 Å². The van der Waals surface area contributed by atoms with Crippen LogP contribution in [0, 0.1) is 11.7 Å². The van der Waals surface area contributed by atoms with Crippen LogP contribution < -0.4 is 5.32 Å². The predicted molar refractivity (Wildman–Crippen MR) is 83.5 cm³/mol. The lowest BCUT2D eigenvalue weighted by atomic mass is 10.00. The third kappa shape index (κ3) is 4.22. The van der Waals surface area contributed by atoms with Crippen LogP contribution >= 0.6 is 0 Å². The number of rotatable bonds is 8. The van der Waals surface area contributed by atoms with Crippen LogP contribution in [0.25, 0.3) is 10.9 Å². The Morgan fingerprint density at radius 3 is 2.90 bits per heavy atom. The van der Waals surface area contributed by atoms with E-state index in [-0.39, 0.29) is 12.4 Å². The van der Waals surface area contributed by atoms with Crippen LogP contribution in [0.3, 0.4) is 0 Å². The number of halogens is 1. The number of aliphatic hydroxyl groups excluding tert-OH is 1. The van der Waals surface area contributed by atoms with Crippen molar-refractivity contribution in [2.24, 2.45) is 5.92 Å². The first kappa shape index (κ1) is 15.9. The molecule has 0 saturated heterocycles. The lowest BCUT2D eigenvalue weighted by Gasteiger charge is -2.16. The average Bonchev–Trinajstić information content (AvgIpc) is 2.50. The highest BCUT2D eigenvalue weighted by molar-refractivity contribution is 5.82. The largest absolute Gasteiger partial charge is 0.396 e. The van der Waals surface area contributed by atoms with Crippen molar-refractivity contribution in [3.05, 3.63) is 41.8 Å². The summed E-state index contributed by atoms with van der Waals surface area (Å²) in [5, 5.41) is 13.0. The zero-order valence-corrected chi connectivity index (χ0v) is 12.5. The Kier molecular flexibility index (Phi) is 6.08. The molecule has 4 heteroatoms. The van der Waals surface area contributed by atoms with Crippen molar-refractivity contribution in [3.63, 3.8) is 0 Å². The highest BCUT2D eigenvalue weighted by Gasteiger charge is 2.09. The molecule has 2 rings (SSSR count). The summed E-state index contributed by atoms with van der Waals surface area (Å²) >= 11 is 0. The van der Waals surface area contributed by atoms with Gasteiger partial charge in [0.2, 0.25) is 0 Å². The number of nitrogens with zero attached hydrogens (tertiary/aromatic N) is 1. The maximum Gasteiger partial charge on any atom is 0.132 e. The van der Waals surface area contributed by atoms with Crippen LogP contribution in [-0.2, 0) is 6.54 Å². The van der Waals surface area contributed by atoms with Gasteiger partial charge in [0, 0.05) is 24.7 Å². The third-order valence-corrected chi connectivity index (χ3v) is 3.78. The zero-order valence-electron chi connectivity index (χ0n) is 12.5. The van der Waals surface area contributed by atoms with E-state index in [0.717, 1.165) is 36.9 Å². The summed E-state index contributed by atoms with van der Waals surface area (Å²) in [5.41, 5.74) is 1.73. The third-order valence-electron chi connectivity index (χ3n) is 3.78. The molecule has 2 aromatic rings.